The Hall–Kier alpha value is -0.960. The van der Waals surface area contributed by atoms with Gasteiger partial charge in [-0.15, -0.1) is 11.6 Å². The zero-order valence-electron chi connectivity index (χ0n) is 20.2. The van der Waals surface area contributed by atoms with Gasteiger partial charge in [-0.3, -0.25) is 9.59 Å². The number of carbonyl (C=O) groups is 2. The van der Waals surface area contributed by atoms with Crippen molar-refractivity contribution in [3.8, 4) is 0 Å². The first-order valence-corrected chi connectivity index (χ1v) is 13.4. The monoisotopic (exact) mass is 502 g/mol. The Balaban J connectivity index is 1.22. The zero-order valence-corrected chi connectivity index (χ0v) is 21.0. The molecule has 34 heavy (non-hydrogen) atoms. The number of ether oxygens (including phenoxy) is 2. The van der Waals surface area contributed by atoms with Crippen molar-refractivity contribution in [1.82, 2.24) is 10.6 Å². The van der Waals surface area contributed by atoms with Crippen molar-refractivity contribution in [2.24, 2.45) is 11.3 Å². The maximum absolute atomic E-state index is 13.8. The Morgan fingerprint density at radius 1 is 1.06 bits per heavy atom. The molecule has 5 rings (SSSR count). The average Bonchev–Trinajstić information content (AvgIpc) is 2.84. The van der Waals surface area contributed by atoms with Crippen molar-refractivity contribution in [3.05, 3.63) is 0 Å². The summed E-state index contributed by atoms with van der Waals surface area (Å²) in [6.45, 7) is 0.521. The highest BCUT2D eigenvalue weighted by Crippen LogP contribution is 2.52. The second kappa shape index (κ2) is 11.0. The summed E-state index contributed by atoms with van der Waals surface area (Å²) in [6.07, 6.45) is 6.51. The Morgan fingerprint density at radius 3 is 2.35 bits per heavy atom. The summed E-state index contributed by atoms with van der Waals surface area (Å²) in [5.41, 5.74) is -1.26. The van der Waals surface area contributed by atoms with Crippen molar-refractivity contribution in [2.45, 2.75) is 112 Å². The molecule has 194 valence electrons. The number of rotatable bonds is 8. The molecule has 4 unspecified atom stereocenters. The maximum atomic E-state index is 13.8. The van der Waals surface area contributed by atoms with Crippen molar-refractivity contribution in [1.29, 1.82) is 0 Å². The summed E-state index contributed by atoms with van der Waals surface area (Å²) in [5, 5.41) is 16.7. The first-order chi connectivity index (χ1) is 16.2. The Bertz CT molecular complexity index is 724. The van der Waals surface area contributed by atoms with Crippen LogP contribution in [0.25, 0.3) is 0 Å². The van der Waals surface area contributed by atoms with Gasteiger partial charge in [0, 0.05) is 25.6 Å². The number of fused-ring (bicyclic) bond motifs is 3. The molecule has 5 aliphatic carbocycles. The van der Waals surface area contributed by atoms with Gasteiger partial charge >= 0.3 is 0 Å². The summed E-state index contributed by atoms with van der Waals surface area (Å²) in [7, 11) is 1.75. The van der Waals surface area contributed by atoms with Crippen LogP contribution in [0.4, 0.5) is 4.39 Å². The third kappa shape index (κ3) is 5.71. The van der Waals surface area contributed by atoms with E-state index in [1.54, 1.807) is 7.11 Å². The standard InChI is InChI=1S/C25H40ClFN2O5/c1-33-17-4-2-16(3-5-17)14-28-23(32)25-10-8-24(9-11-25,13-21(25)30)29-22(31)15-34-18-6-7-19(26)20(27)12-18/h16-21,30H,2-15H2,1H3,(H,28,32)(H,29,31). The fourth-order valence-corrected chi connectivity index (χ4v) is 6.76. The second-order valence-electron chi connectivity index (χ2n) is 11.1. The molecule has 9 heteroatoms. The summed E-state index contributed by atoms with van der Waals surface area (Å²) in [5.74, 6) is 0.162. The van der Waals surface area contributed by atoms with Gasteiger partial charge in [0.2, 0.25) is 11.8 Å². The van der Waals surface area contributed by atoms with E-state index in [0.29, 0.717) is 63.5 Å². The van der Waals surface area contributed by atoms with Crippen molar-refractivity contribution < 1.29 is 28.6 Å². The number of aliphatic hydroxyl groups excluding tert-OH is 1. The molecule has 0 aromatic carbocycles. The van der Waals surface area contributed by atoms with Crippen LogP contribution >= 0.6 is 11.6 Å². The van der Waals surface area contributed by atoms with E-state index in [9.17, 15) is 19.1 Å². The van der Waals surface area contributed by atoms with Crippen molar-refractivity contribution in [2.75, 3.05) is 20.3 Å². The number of methoxy groups -OCH3 is 1. The first kappa shape index (κ1) is 26.1. The van der Waals surface area contributed by atoms with Gasteiger partial charge in [0.15, 0.2) is 0 Å². The lowest BCUT2D eigenvalue weighted by molar-refractivity contribution is -0.157. The molecule has 0 aliphatic heterocycles. The lowest BCUT2D eigenvalue weighted by Gasteiger charge is -2.55. The Kier molecular flexibility index (Phi) is 8.43. The van der Waals surface area contributed by atoms with E-state index < -0.39 is 28.6 Å². The molecule has 0 heterocycles. The van der Waals surface area contributed by atoms with Gasteiger partial charge in [0.1, 0.15) is 12.8 Å². The number of halogens is 2. The molecule has 3 N–H and O–H groups in total. The Morgan fingerprint density at radius 2 is 1.74 bits per heavy atom. The van der Waals surface area contributed by atoms with E-state index >= 15 is 0 Å². The smallest absolute Gasteiger partial charge is 0.246 e. The third-order valence-corrected chi connectivity index (χ3v) is 9.44. The summed E-state index contributed by atoms with van der Waals surface area (Å²) in [4.78, 5) is 25.8. The lowest BCUT2D eigenvalue weighted by atomic mass is 9.55. The van der Waals surface area contributed by atoms with Crippen LogP contribution in [0.1, 0.15) is 77.0 Å². The number of hydrogen-bond donors (Lipinski definition) is 3. The van der Waals surface area contributed by atoms with Gasteiger partial charge in [0.05, 0.1) is 29.1 Å². The fraction of sp³-hybridized carbons (Fsp3) is 0.920. The molecule has 5 aliphatic rings. The molecule has 0 spiro atoms. The number of amides is 2. The van der Waals surface area contributed by atoms with Crippen LogP contribution in [0.3, 0.4) is 0 Å². The molecule has 0 radical (unpaired) electrons. The summed E-state index contributed by atoms with van der Waals surface area (Å²) >= 11 is 5.92. The molecule has 0 aromatic heterocycles. The van der Waals surface area contributed by atoms with Gasteiger partial charge in [-0.05, 0) is 76.5 Å². The normalized spacial score (nSPS) is 42.2. The number of alkyl halides is 2. The molecular weight excluding hydrogens is 463 g/mol. The van der Waals surface area contributed by atoms with E-state index in [1.165, 1.54) is 0 Å². The van der Waals surface area contributed by atoms with Gasteiger partial charge in [-0.25, -0.2) is 4.39 Å². The molecule has 2 bridgehead atoms. The minimum Gasteiger partial charge on any atom is -0.392 e. The molecule has 4 atom stereocenters. The molecule has 7 nitrogen and oxygen atoms in total. The van der Waals surface area contributed by atoms with Gasteiger partial charge in [0.25, 0.3) is 0 Å². The third-order valence-electron chi connectivity index (χ3n) is 8.95. The summed E-state index contributed by atoms with van der Waals surface area (Å²) < 4.78 is 24.9. The summed E-state index contributed by atoms with van der Waals surface area (Å²) in [6, 6.07) is 0. The highest BCUT2D eigenvalue weighted by molar-refractivity contribution is 6.21. The lowest BCUT2D eigenvalue weighted by Crippen LogP contribution is -2.65. The second-order valence-corrected chi connectivity index (χ2v) is 11.6. The van der Waals surface area contributed by atoms with E-state index in [-0.39, 0.29) is 30.9 Å². The van der Waals surface area contributed by atoms with Gasteiger partial charge < -0.3 is 25.2 Å². The predicted molar refractivity (Wildman–Crippen MR) is 126 cm³/mol. The minimum absolute atomic E-state index is 0.0486. The van der Waals surface area contributed by atoms with Crippen LogP contribution in [0.5, 0.6) is 0 Å². The van der Waals surface area contributed by atoms with Crippen molar-refractivity contribution in [3.63, 3.8) is 0 Å². The SMILES string of the molecule is COC1CCC(CNC(=O)C23CCC(NC(=O)COC4CCC(Cl)C(F)C4)(CC2)CC3O)CC1. The molecule has 2 amide bonds. The molecule has 0 saturated heterocycles. The quantitative estimate of drug-likeness (QED) is 0.443. The highest BCUT2D eigenvalue weighted by atomic mass is 35.5. The van der Waals surface area contributed by atoms with Crippen LogP contribution in [-0.4, -0.2) is 72.6 Å². The number of carbonyl (C=O) groups excluding carboxylic acids is 2. The first-order valence-electron chi connectivity index (χ1n) is 13.0. The number of nitrogens with one attached hydrogen (secondary N) is 2. The predicted octanol–water partition coefficient (Wildman–Crippen LogP) is 3.00. The number of hydrogen-bond acceptors (Lipinski definition) is 5. The topological polar surface area (TPSA) is 96.9 Å². The van der Waals surface area contributed by atoms with Crippen LogP contribution in [0, 0.1) is 11.3 Å². The zero-order chi connectivity index (χ0) is 24.3. The van der Waals surface area contributed by atoms with Crippen LogP contribution in [0.15, 0.2) is 0 Å². The van der Waals surface area contributed by atoms with Crippen LogP contribution in [0.2, 0.25) is 0 Å². The van der Waals surface area contributed by atoms with Crippen molar-refractivity contribution >= 4 is 23.4 Å². The van der Waals surface area contributed by atoms with E-state index in [2.05, 4.69) is 10.6 Å². The Labute approximate surface area is 206 Å². The minimum atomic E-state index is -1.10. The van der Waals surface area contributed by atoms with Gasteiger partial charge in [-0.1, -0.05) is 0 Å². The van der Waals surface area contributed by atoms with E-state index in [1.807, 2.05) is 0 Å². The van der Waals surface area contributed by atoms with E-state index in [4.69, 9.17) is 21.1 Å². The van der Waals surface area contributed by atoms with E-state index in [0.717, 1.165) is 25.7 Å². The van der Waals surface area contributed by atoms with Gasteiger partial charge in [-0.2, -0.15) is 0 Å². The number of aliphatic hydroxyl groups is 1. The largest absolute Gasteiger partial charge is 0.392 e. The maximum Gasteiger partial charge on any atom is 0.246 e. The average molecular weight is 503 g/mol. The molecule has 0 aromatic rings. The fourth-order valence-electron chi connectivity index (χ4n) is 6.54. The highest BCUT2D eigenvalue weighted by Gasteiger charge is 2.58. The molecule has 5 saturated carbocycles. The molecule has 5 fully saturated rings. The van der Waals surface area contributed by atoms with Crippen LogP contribution < -0.4 is 10.6 Å². The van der Waals surface area contributed by atoms with Crippen LogP contribution in [-0.2, 0) is 19.1 Å². The molecular formula is C25H40ClFN2O5.